The van der Waals surface area contributed by atoms with Gasteiger partial charge in [-0.1, -0.05) is 32.0 Å². The van der Waals surface area contributed by atoms with E-state index < -0.39 is 0 Å². The van der Waals surface area contributed by atoms with Crippen molar-refractivity contribution in [1.82, 2.24) is 5.32 Å². The van der Waals surface area contributed by atoms with Gasteiger partial charge in [-0.15, -0.1) is 0 Å². The number of hydrogen-bond acceptors (Lipinski definition) is 3. The van der Waals surface area contributed by atoms with Crippen LogP contribution in [0.15, 0.2) is 24.3 Å². The molecule has 1 aliphatic rings. The lowest BCUT2D eigenvalue weighted by atomic mass is 10.1. The van der Waals surface area contributed by atoms with Crippen LogP contribution >= 0.6 is 0 Å². The highest BCUT2D eigenvalue weighted by molar-refractivity contribution is 5.20. The van der Waals surface area contributed by atoms with Crippen LogP contribution in [0.5, 0.6) is 0 Å². The van der Waals surface area contributed by atoms with E-state index >= 15 is 0 Å². The highest BCUT2D eigenvalue weighted by Gasteiger charge is 2.23. The van der Waals surface area contributed by atoms with Crippen molar-refractivity contribution < 1.29 is 13.9 Å². The zero-order chi connectivity index (χ0) is 15.1. The molecule has 0 bridgehead atoms. The topological polar surface area (TPSA) is 30.5 Å². The monoisotopic (exact) mass is 295 g/mol. The molecule has 1 atom stereocenters. The second kappa shape index (κ2) is 8.47. The van der Waals surface area contributed by atoms with Crippen molar-refractivity contribution in [2.45, 2.75) is 38.8 Å². The Morgan fingerprint density at radius 2 is 2.00 bits per heavy atom. The van der Waals surface area contributed by atoms with Crippen LogP contribution in [-0.2, 0) is 9.47 Å². The minimum Gasteiger partial charge on any atom is -0.379 e. The van der Waals surface area contributed by atoms with Crippen LogP contribution in [-0.4, -0.2) is 32.4 Å². The average Bonchev–Trinajstić information content (AvgIpc) is 3.26. The summed E-state index contributed by atoms with van der Waals surface area (Å²) < 4.78 is 25.3. The first-order valence-corrected chi connectivity index (χ1v) is 7.84. The second-order valence-corrected chi connectivity index (χ2v) is 6.03. The number of nitrogens with one attached hydrogen (secondary N) is 1. The molecule has 1 unspecified atom stereocenters. The SMILES string of the molecule is CC(C)COCCOC(CNC1CC1)c1ccccc1F. The van der Waals surface area contributed by atoms with Crippen molar-refractivity contribution in [3.8, 4) is 0 Å². The largest absolute Gasteiger partial charge is 0.379 e. The minimum absolute atomic E-state index is 0.205. The van der Waals surface area contributed by atoms with Gasteiger partial charge < -0.3 is 14.8 Å². The molecule has 2 rings (SSSR count). The smallest absolute Gasteiger partial charge is 0.129 e. The summed E-state index contributed by atoms with van der Waals surface area (Å²) in [6.07, 6.45) is 2.16. The molecule has 21 heavy (non-hydrogen) atoms. The van der Waals surface area contributed by atoms with E-state index in [0.717, 1.165) is 6.61 Å². The van der Waals surface area contributed by atoms with Crippen LogP contribution in [0.2, 0.25) is 0 Å². The molecule has 118 valence electrons. The van der Waals surface area contributed by atoms with Crippen LogP contribution in [0, 0.1) is 11.7 Å². The summed E-state index contributed by atoms with van der Waals surface area (Å²) in [6.45, 7) is 6.64. The summed E-state index contributed by atoms with van der Waals surface area (Å²) in [5.74, 6) is 0.312. The fourth-order valence-corrected chi connectivity index (χ4v) is 2.12. The molecule has 0 aliphatic heterocycles. The first-order chi connectivity index (χ1) is 10.2. The molecule has 1 aromatic carbocycles. The van der Waals surface area contributed by atoms with Crippen molar-refractivity contribution in [3.63, 3.8) is 0 Å². The van der Waals surface area contributed by atoms with Gasteiger partial charge in [-0.25, -0.2) is 4.39 Å². The maximum atomic E-state index is 13.9. The van der Waals surface area contributed by atoms with Gasteiger partial charge in [0.25, 0.3) is 0 Å². The summed E-state index contributed by atoms with van der Waals surface area (Å²) in [4.78, 5) is 0. The normalized spacial score (nSPS) is 16.4. The van der Waals surface area contributed by atoms with Crippen LogP contribution in [0.25, 0.3) is 0 Å². The molecule has 1 saturated carbocycles. The van der Waals surface area contributed by atoms with E-state index in [1.54, 1.807) is 12.1 Å². The molecule has 0 radical (unpaired) electrons. The van der Waals surface area contributed by atoms with Crippen molar-refractivity contribution in [3.05, 3.63) is 35.6 Å². The molecular weight excluding hydrogens is 269 g/mol. The summed E-state index contributed by atoms with van der Waals surface area (Å²) in [5.41, 5.74) is 0.620. The highest BCUT2D eigenvalue weighted by Crippen LogP contribution is 2.23. The molecule has 3 nitrogen and oxygen atoms in total. The summed E-state index contributed by atoms with van der Waals surface area (Å²) >= 11 is 0. The molecule has 1 aliphatic carbocycles. The molecule has 0 heterocycles. The Morgan fingerprint density at radius 1 is 1.24 bits per heavy atom. The number of halogens is 1. The summed E-state index contributed by atoms with van der Waals surface area (Å²) in [5, 5.41) is 3.41. The number of benzene rings is 1. The van der Waals surface area contributed by atoms with Crippen LogP contribution in [0.4, 0.5) is 4.39 Å². The van der Waals surface area contributed by atoms with Gasteiger partial charge in [-0.3, -0.25) is 0 Å². The van der Waals surface area contributed by atoms with E-state index in [-0.39, 0.29) is 11.9 Å². The quantitative estimate of drug-likeness (QED) is 0.672. The molecule has 0 spiro atoms. The lowest BCUT2D eigenvalue weighted by molar-refractivity contribution is -0.00267. The van der Waals surface area contributed by atoms with Gasteiger partial charge in [0, 0.05) is 24.8 Å². The van der Waals surface area contributed by atoms with E-state index in [1.807, 2.05) is 6.07 Å². The zero-order valence-corrected chi connectivity index (χ0v) is 13.0. The third-order valence-electron chi connectivity index (χ3n) is 3.42. The van der Waals surface area contributed by atoms with Gasteiger partial charge in [-0.2, -0.15) is 0 Å². The van der Waals surface area contributed by atoms with Gasteiger partial charge in [-0.05, 0) is 24.8 Å². The molecule has 1 N–H and O–H groups in total. The highest BCUT2D eigenvalue weighted by atomic mass is 19.1. The van der Waals surface area contributed by atoms with Gasteiger partial charge in [0.15, 0.2) is 0 Å². The molecule has 1 fully saturated rings. The predicted molar refractivity (Wildman–Crippen MR) is 81.8 cm³/mol. The van der Waals surface area contributed by atoms with Gasteiger partial charge in [0.05, 0.1) is 19.3 Å². The fourth-order valence-electron chi connectivity index (χ4n) is 2.12. The number of rotatable bonds is 10. The summed E-state index contributed by atoms with van der Waals surface area (Å²) in [7, 11) is 0. The maximum Gasteiger partial charge on any atom is 0.129 e. The molecular formula is C17H26FNO2. The Morgan fingerprint density at radius 3 is 2.67 bits per heavy atom. The molecule has 4 heteroatoms. The van der Waals surface area contributed by atoms with Gasteiger partial charge >= 0.3 is 0 Å². The molecule has 0 amide bonds. The Hall–Kier alpha value is -0.970. The maximum absolute atomic E-state index is 13.9. The van der Waals surface area contributed by atoms with Crippen molar-refractivity contribution in [2.24, 2.45) is 5.92 Å². The Kier molecular flexibility index (Phi) is 6.61. The lowest BCUT2D eigenvalue weighted by Gasteiger charge is -2.20. The van der Waals surface area contributed by atoms with E-state index in [2.05, 4.69) is 19.2 Å². The zero-order valence-electron chi connectivity index (χ0n) is 13.0. The van der Waals surface area contributed by atoms with Crippen LogP contribution < -0.4 is 5.32 Å². The Balaban J connectivity index is 1.81. The first kappa shape index (κ1) is 16.4. The minimum atomic E-state index is -0.255. The fraction of sp³-hybridized carbons (Fsp3) is 0.647. The first-order valence-electron chi connectivity index (χ1n) is 7.84. The van der Waals surface area contributed by atoms with Crippen LogP contribution in [0.1, 0.15) is 38.4 Å². The lowest BCUT2D eigenvalue weighted by Crippen LogP contribution is -2.26. The standard InChI is InChI=1S/C17H26FNO2/c1-13(2)12-20-9-10-21-17(11-19-14-7-8-14)15-5-3-4-6-16(15)18/h3-6,13-14,17,19H,7-12H2,1-2H3. The van der Waals surface area contributed by atoms with Crippen molar-refractivity contribution >= 4 is 0 Å². The molecule has 0 aromatic heterocycles. The number of ether oxygens (including phenoxy) is 2. The Bertz CT molecular complexity index is 421. The van der Waals surface area contributed by atoms with Crippen LogP contribution in [0.3, 0.4) is 0 Å². The molecule has 1 aromatic rings. The van der Waals surface area contributed by atoms with E-state index in [9.17, 15) is 4.39 Å². The van der Waals surface area contributed by atoms with Crippen molar-refractivity contribution in [2.75, 3.05) is 26.4 Å². The average molecular weight is 295 g/mol. The van der Waals surface area contributed by atoms with E-state index in [4.69, 9.17) is 9.47 Å². The predicted octanol–water partition coefficient (Wildman–Crippen LogP) is 3.31. The summed E-state index contributed by atoms with van der Waals surface area (Å²) in [6, 6.07) is 7.42. The third-order valence-corrected chi connectivity index (χ3v) is 3.42. The van der Waals surface area contributed by atoms with Crippen molar-refractivity contribution in [1.29, 1.82) is 0 Å². The third kappa shape index (κ3) is 6.12. The van der Waals surface area contributed by atoms with Gasteiger partial charge in [0.1, 0.15) is 5.82 Å². The second-order valence-electron chi connectivity index (χ2n) is 6.03. The number of hydrogen-bond donors (Lipinski definition) is 1. The van der Waals surface area contributed by atoms with Gasteiger partial charge in [0.2, 0.25) is 0 Å². The van der Waals surface area contributed by atoms with E-state index in [0.29, 0.717) is 37.3 Å². The Labute approximate surface area is 126 Å². The molecule has 0 saturated heterocycles. The van der Waals surface area contributed by atoms with E-state index in [1.165, 1.54) is 18.9 Å².